The molecule has 2 aromatic rings. The van der Waals surface area contributed by atoms with Crippen LogP contribution >= 0.6 is 0 Å². The highest BCUT2D eigenvalue weighted by atomic mass is 15.4. The topological polar surface area (TPSA) is 68.9 Å². The van der Waals surface area contributed by atoms with Crippen molar-refractivity contribution in [2.75, 3.05) is 19.6 Å². The van der Waals surface area contributed by atoms with E-state index in [1.807, 2.05) is 12.4 Å². The first-order valence-electron chi connectivity index (χ1n) is 8.37. The molecule has 2 unspecified atom stereocenters. The maximum atomic E-state index is 5.13. The van der Waals surface area contributed by atoms with Crippen molar-refractivity contribution in [3.63, 3.8) is 0 Å². The van der Waals surface area contributed by atoms with Gasteiger partial charge in [0.2, 0.25) is 0 Å². The molecule has 0 aliphatic carbocycles. The van der Waals surface area contributed by atoms with Crippen molar-refractivity contribution in [2.24, 2.45) is 0 Å². The number of nitrogens with zero attached hydrogens (tertiary/aromatic N) is 6. The third-order valence-electron chi connectivity index (χ3n) is 4.96. The quantitative estimate of drug-likeness (QED) is 0.863. The normalized spacial score (nSPS) is 28.8. The molecule has 1 radical (unpaired) electrons. The first-order chi connectivity index (χ1) is 11.4. The highest BCUT2D eigenvalue weighted by Crippen LogP contribution is 2.45. The van der Waals surface area contributed by atoms with Crippen LogP contribution in [0, 0.1) is 0 Å². The van der Waals surface area contributed by atoms with Crippen LogP contribution < -0.4 is 5.32 Å². The smallest absolute Gasteiger partial charge is 0.140 e. The van der Waals surface area contributed by atoms with Crippen molar-refractivity contribution >= 4 is 0 Å². The van der Waals surface area contributed by atoms with Gasteiger partial charge in [-0.2, -0.15) is 0 Å². The van der Waals surface area contributed by atoms with Crippen molar-refractivity contribution in [2.45, 2.75) is 37.3 Å². The number of hydrogen-bond donors (Lipinski definition) is 0. The van der Waals surface area contributed by atoms with Gasteiger partial charge in [-0.15, -0.1) is 0 Å². The standard InChI is InChI=1S/C17H21N6/c1-2-11-23(10-1)17(16-13-19-7-9-21-16)14(4-3-5-22-17)15-12-18-6-8-20-15/h6-9,12-14H,1-5,10-11H2. The van der Waals surface area contributed by atoms with Crippen LogP contribution in [0.2, 0.25) is 0 Å². The Hall–Kier alpha value is -1.92. The van der Waals surface area contributed by atoms with Crippen LogP contribution in [0.5, 0.6) is 0 Å². The Bertz CT molecular complexity index is 628. The molecule has 2 saturated heterocycles. The Balaban J connectivity index is 1.84. The van der Waals surface area contributed by atoms with Crippen molar-refractivity contribution in [1.29, 1.82) is 0 Å². The second-order valence-corrected chi connectivity index (χ2v) is 6.22. The molecular weight excluding hydrogens is 288 g/mol. The summed E-state index contributed by atoms with van der Waals surface area (Å²) in [6.45, 7) is 2.97. The van der Waals surface area contributed by atoms with E-state index in [0.717, 1.165) is 43.9 Å². The molecule has 0 N–H and O–H groups in total. The van der Waals surface area contributed by atoms with Crippen LogP contribution in [0.15, 0.2) is 37.2 Å². The van der Waals surface area contributed by atoms with Crippen LogP contribution in [-0.2, 0) is 5.66 Å². The predicted octanol–water partition coefficient (Wildman–Crippen LogP) is 1.70. The molecule has 119 valence electrons. The van der Waals surface area contributed by atoms with E-state index in [0.29, 0.717) is 0 Å². The number of rotatable bonds is 3. The summed E-state index contributed by atoms with van der Waals surface area (Å²) in [6.07, 6.45) is 15.3. The second kappa shape index (κ2) is 6.29. The summed E-state index contributed by atoms with van der Waals surface area (Å²) in [4.78, 5) is 20.3. The highest BCUT2D eigenvalue weighted by molar-refractivity contribution is 5.24. The number of aromatic nitrogens is 4. The molecule has 4 rings (SSSR count). The second-order valence-electron chi connectivity index (χ2n) is 6.22. The molecule has 0 saturated carbocycles. The van der Waals surface area contributed by atoms with Gasteiger partial charge in [0, 0.05) is 56.5 Å². The van der Waals surface area contributed by atoms with Crippen LogP contribution in [-0.4, -0.2) is 44.5 Å². The molecule has 2 atom stereocenters. The Morgan fingerprint density at radius 2 is 1.70 bits per heavy atom. The Morgan fingerprint density at radius 3 is 2.39 bits per heavy atom. The first-order valence-corrected chi connectivity index (χ1v) is 8.37. The zero-order valence-electron chi connectivity index (χ0n) is 13.2. The zero-order chi connectivity index (χ0) is 15.5. The molecular formula is C17H21N6. The summed E-state index contributed by atoms with van der Waals surface area (Å²) in [5.41, 5.74) is 1.50. The minimum absolute atomic E-state index is 0.180. The average Bonchev–Trinajstić information content (AvgIpc) is 3.18. The van der Waals surface area contributed by atoms with E-state index >= 15 is 0 Å². The Kier molecular flexibility index (Phi) is 4.01. The van der Waals surface area contributed by atoms with Crippen LogP contribution in [0.3, 0.4) is 0 Å². The van der Waals surface area contributed by atoms with E-state index in [1.165, 1.54) is 12.8 Å². The summed E-state index contributed by atoms with van der Waals surface area (Å²) in [7, 11) is 0. The molecule has 4 heterocycles. The molecule has 6 nitrogen and oxygen atoms in total. The van der Waals surface area contributed by atoms with E-state index < -0.39 is 5.66 Å². The van der Waals surface area contributed by atoms with Gasteiger partial charge >= 0.3 is 0 Å². The fourth-order valence-corrected chi connectivity index (χ4v) is 3.99. The van der Waals surface area contributed by atoms with Gasteiger partial charge in [-0.05, 0) is 25.7 Å². The van der Waals surface area contributed by atoms with Crippen LogP contribution in [0.25, 0.3) is 0 Å². The van der Waals surface area contributed by atoms with E-state index in [-0.39, 0.29) is 5.92 Å². The van der Waals surface area contributed by atoms with Crippen LogP contribution in [0.1, 0.15) is 43.0 Å². The SMILES string of the molecule is c1cnc(C2CCC[N]C2(c2cnccn2)N2CCCC2)cn1. The molecule has 0 spiro atoms. The fraction of sp³-hybridized carbons (Fsp3) is 0.529. The number of piperidine rings is 1. The van der Waals surface area contributed by atoms with E-state index in [9.17, 15) is 0 Å². The third kappa shape index (κ3) is 2.52. The molecule has 2 aromatic heterocycles. The van der Waals surface area contributed by atoms with E-state index in [4.69, 9.17) is 5.32 Å². The molecule has 2 aliphatic rings. The highest BCUT2D eigenvalue weighted by Gasteiger charge is 2.51. The lowest BCUT2D eigenvalue weighted by atomic mass is 9.79. The molecule has 2 aliphatic heterocycles. The lowest BCUT2D eigenvalue weighted by molar-refractivity contribution is 0.0139. The van der Waals surface area contributed by atoms with Gasteiger partial charge in [0.25, 0.3) is 0 Å². The summed E-state index contributed by atoms with van der Waals surface area (Å²) >= 11 is 0. The Morgan fingerprint density at radius 1 is 0.913 bits per heavy atom. The molecule has 6 heteroatoms. The maximum absolute atomic E-state index is 5.13. The Labute approximate surface area is 136 Å². The van der Waals surface area contributed by atoms with Crippen LogP contribution in [0.4, 0.5) is 0 Å². The van der Waals surface area contributed by atoms with Gasteiger partial charge < -0.3 is 0 Å². The summed E-state index contributed by atoms with van der Waals surface area (Å²) in [5.74, 6) is 0.180. The minimum Gasteiger partial charge on any atom is -0.279 e. The summed E-state index contributed by atoms with van der Waals surface area (Å²) in [6, 6.07) is 0. The summed E-state index contributed by atoms with van der Waals surface area (Å²) < 4.78 is 0. The minimum atomic E-state index is -0.445. The molecule has 2 fully saturated rings. The van der Waals surface area contributed by atoms with Crippen molar-refractivity contribution < 1.29 is 0 Å². The van der Waals surface area contributed by atoms with Gasteiger partial charge in [-0.3, -0.25) is 24.8 Å². The largest absolute Gasteiger partial charge is 0.279 e. The van der Waals surface area contributed by atoms with Crippen molar-refractivity contribution in [3.8, 4) is 0 Å². The third-order valence-corrected chi connectivity index (χ3v) is 4.96. The maximum Gasteiger partial charge on any atom is 0.140 e. The van der Waals surface area contributed by atoms with Gasteiger partial charge in [-0.25, -0.2) is 5.32 Å². The molecule has 0 aromatic carbocycles. The number of likely N-dealkylation sites (tertiary alicyclic amines) is 1. The van der Waals surface area contributed by atoms with Gasteiger partial charge in [0.15, 0.2) is 0 Å². The van der Waals surface area contributed by atoms with Gasteiger partial charge in [0.1, 0.15) is 5.66 Å². The summed E-state index contributed by atoms with van der Waals surface area (Å²) in [5, 5.41) is 5.13. The molecule has 23 heavy (non-hydrogen) atoms. The van der Waals surface area contributed by atoms with Gasteiger partial charge in [-0.1, -0.05) is 0 Å². The molecule has 0 bridgehead atoms. The number of hydrogen-bond acceptors (Lipinski definition) is 5. The molecule has 0 amide bonds. The van der Waals surface area contributed by atoms with E-state index in [2.05, 4.69) is 24.8 Å². The lowest BCUT2D eigenvalue weighted by Crippen LogP contribution is -2.58. The monoisotopic (exact) mass is 309 g/mol. The first kappa shape index (κ1) is 14.7. The van der Waals surface area contributed by atoms with Crippen molar-refractivity contribution in [3.05, 3.63) is 48.6 Å². The zero-order valence-corrected chi connectivity index (χ0v) is 13.2. The predicted molar refractivity (Wildman–Crippen MR) is 85.5 cm³/mol. The average molecular weight is 309 g/mol. The fourth-order valence-electron chi connectivity index (χ4n) is 3.99. The lowest BCUT2D eigenvalue weighted by Gasteiger charge is -2.48. The van der Waals surface area contributed by atoms with Crippen molar-refractivity contribution in [1.82, 2.24) is 30.2 Å². The van der Waals surface area contributed by atoms with Gasteiger partial charge in [0.05, 0.1) is 17.6 Å². The van der Waals surface area contributed by atoms with E-state index in [1.54, 1.807) is 24.8 Å².